The first-order valence-corrected chi connectivity index (χ1v) is 12.8. The third-order valence-corrected chi connectivity index (χ3v) is 6.56. The SMILES string of the molecule is COCn1c(-c2ccccc2)nc(-c2ccccc2Cl)c1NC(=O)Nc1c(C(C)C)cccc1C(C)C. The van der Waals surface area contributed by atoms with Crippen LogP contribution in [0.4, 0.5) is 16.3 Å². The number of urea groups is 1. The highest BCUT2D eigenvalue weighted by molar-refractivity contribution is 6.33. The molecule has 2 N–H and O–H groups in total. The predicted molar refractivity (Wildman–Crippen MR) is 152 cm³/mol. The van der Waals surface area contributed by atoms with Gasteiger partial charge in [-0.1, -0.05) is 106 Å². The van der Waals surface area contributed by atoms with Crippen molar-refractivity contribution in [2.75, 3.05) is 17.7 Å². The number of nitrogens with one attached hydrogen (secondary N) is 2. The lowest BCUT2D eigenvalue weighted by Crippen LogP contribution is -2.24. The largest absolute Gasteiger partial charge is 0.364 e. The molecule has 37 heavy (non-hydrogen) atoms. The maximum atomic E-state index is 13.6. The van der Waals surface area contributed by atoms with Crippen LogP contribution in [0.25, 0.3) is 22.6 Å². The van der Waals surface area contributed by atoms with Crippen molar-refractivity contribution in [3.8, 4) is 22.6 Å². The second-order valence-corrected chi connectivity index (χ2v) is 9.93. The Hall–Kier alpha value is -3.61. The van der Waals surface area contributed by atoms with E-state index in [1.807, 2.05) is 65.2 Å². The Morgan fingerprint density at radius 2 is 1.51 bits per heavy atom. The maximum Gasteiger partial charge on any atom is 0.324 e. The molecule has 0 fully saturated rings. The maximum absolute atomic E-state index is 13.6. The molecular weight excluding hydrogens is 484 g/mol. The number of rotatable bonds is 8. The summed E-state index contributed by atoms with van der Waals surface area (Å²) in [5, 5.41) is 6.75. The van der Waals surface area contributed by atoms with Crippen molar-refractivity contribution in [3.63, 3.8) is 0 Å². The number of hydrogen-bond acceptors (Lipinski definition) is 3. The standard InChI is InChI=1S/C30H33ClN4O2/c1-19(2)22-15-11-16-23(20(3)4)26(22)33-30(36)34-29-27(24-14-9-10-17-25(24)31)32-28(35(29)18-37-5)21-12-7-6-8-13-21/h6-17,19-20H,18H2,1-5H3,(H2,33,34,36). The summed E-state index contributed by atoms with van der Waals surface area (Å²) < 4.78 is 7.38. The highest BCUT2D eigenvalue weighted by Crippen LogP contribution is 2.37. The molecule has 1 heterocycles. The van der Waals surface area contributed by atoms with E-state index in [0.29, 0.717) is 22.4 Å². The van der Waals surface area contributed by atoms with Gasteiger partial charge in [0, 0.05) is 23.9 Å². The van der Waals surface area contributed by atoms with Crippen molar-refractivity contribution >= 4 is 29.1 Å². The zero-order valence-corrected chi connectivity index (χ0v) is 22.6. The van der Waals surface area contributed by atoms with Crippen LogP contribution in [0, 0.1) is 0 Å². The number of anilines is 2. The number of benzene rings is 3. The van der Waals surface area contributed by atoms with Crippen LogP contribution >= 0.6 is 11.6 Å². The average Bonchev–Trinajstić information content (AvgIpc) is 3.22. The fourth-order valence-corrected chi connectivity index (χ4v) is 4.66. The van der Waals surface area contributed by atoms with E-state index < -0.39 is 0 Å². The fraction of sp³-hybridized carbons (Fsp3) is 0.267. The van der Waals surface area contributed by atoms with Gasteiger partial charge in [-0.3, -0.25) is 9.88 Å². The van der Waals surface area contributed by atoms with E-state index in [9.17, 15) is 4.79 Å². The van der Waals surface area contributed by atoms with Gasteiger partial charge < -0.3 is 10.1 Å². The van der Waals surface area contributed by atoms with Crippen molar-refractivity contribution in [3.05, 3.63) is 88.9 Å². The third-order valence-electron chi connectivity index (χ3n) is 6.23. The lowest BCUT2D eigenvalue weighted by molar-refractivity contribution is 0.134. The number of methoxy groups -OCH3 is 1. The summed E-state index contributed by atoms with van der Waals surface area (Å²) in [5.74, 6) is 1.66. The van der Waals surface area contributed by atoms with E-state index in [1.54, 1.807) is 7.11 Å². The van der Waals surface area contributed by atoms with Crippen LogP contribution in [0.3, 0.4) is 0 Å². The van der Waals surface area contributed by atoms with Crippen LogP contribution in [0.15, 0.2) is 72.8 Å². The van der Waals surface area contributed by atoms with E-state index in [2.05, 4.69) is 50.5 Å². The average molecular weight is 517 g/mol. The zero-order chi connectivity index (χ0) is 26.5. The molecule has 4 aromatic rings. The highest BCUT2D eigenvalue weighted by atomic mass is 35.5. The fourth-order valence-electron chi connectivity index (χ4n) is 4.43. The Labute approximate surface area is 223 Å². The Morgan fingerprint density at radius 3 is 2.11 bits per heavy atom. The Morgan fingerprint density at radius 1 is 0.892 bits per heavy atom. The van der Waals surface area contributed by atoms with Gasteiger partial charge in [0.05, 0.1) is 5.02 Å². The van der Waals surface area contributed by atoms with Gasteiger partial charge >= 0.3 is 6.03 Å². The summed E-state index contributed by atoms with van der Waals surface area (Å²) >= 11 is 6.58. The summed E-state index contributed by atoms with van der Waals surface area (Å²) in [4.78, 5) is 18.5. The van der Waals surface area contributed by atoms with Gasteiger partial charge in [-0.05, 0) is 29.0 Å². The van der Waals surface area contributed by atoms with Gasteiger partial charge in [-0.15, -0.1) is 0 Å². The predicted octanol–water partition coefficient (Wildman–Crippen LogP) is 8.37. The van der Waals surface area contributed by atoms with Gasteiger partial charge in [0.1, 0.15) is 24.1 Å². The van der Waals surface area contributed by atoms with Crippen molar-refractivity contribution in [2.45, 2.75) is 46.3 Å². The monoisotopic (exact) mass is 516 g/mol. The third kappa shape index (κ3) is 5.71. The van der Waals surface area contributed by atoms with Gasteiger partial charge in [-0.25, -0.2) is 9.78 Å². The highest BCUT2D eigenvalue weighted by Gasteiger charge is 2.24. The minimum absolute atomic E-state index is 0.192. The number of aromatic nitrogens is 2. The van der Waals surface area contributed by atoms with E-state index in [4.69, 9.17) is 21.3 Å². The number of carbonyl (C=O) groups excluding carboxylic acids is 1. The summed E-state index contributed by atoms with van der Waals surface area (Å²) in [7, 11) is 1.61. The lowest BCUT2D eigenvalue weighted by atomic mass is 9.93. The number of hydrogen-bond donors (Lipinski definition) is 2. The number of para-hydroxylation sites is 1. The quantitative estimate of drug-likeness (QED) is 0.247. The molecule has 0 aliphatic heterocycles. The van der Waals surface area contributed by atoms with Gasteiger partial charge in [0.25, 0.3) is 0 Å². The van der Waals surface area contributed by atoms with Crippen LogP contribution < -0.4 is 10.6 Å². The molecule has 4 rings (SSSR count). The summed E-state index contributed by atoms with van der Waals surface area (Å²) in [6.45, 7) is 8.68. The van der Waals surface area contributed by atoms with Crippen molar-refractivity contribution in [2.24, 2.45) is 0 Å². The van der Waals surface area contributed by atoms with Crippen LogP contribution in [0.2, 0.25) is 5.02 Å². The topological polar surface area (TPSA) is 68.2 Å². The molecule has 0 saturated carbocycles. The number of ether oxygens (including phenoxy) is 1. The van der Waals surface area contributed by atoms with Crippen LogP contribution in [0.1, 0.15) is 50.7 Å². The molecule has 192 valence electrons. The minimum atomic E-state index is -0.361. The zero-order valence-electron chi connectivity index (χ0n) is 21.9. The smallest absolute Gasteiger partial charge is 0.324 e. The molecule has 0 atom stereocenters. The molecule has 7 heteroatoms. The van der Waals surface area contributed by atoms with Crippen LogP contribution in [-0.2, 0) is 11.5 Å². The number of nitrogens with zero attached hydrogens (tertiary/aromatic N) is 2. The molecule has 6 nitrogen and oxygen atoms in total. The lowest BCUT2D eigenvalue weighted by Gasteiger charge is -2.21. The number of imidazole rings is 1. The van der Waals surface area contributed by atoms with Crippen LogP contribution in [0.5, 0.6) is 0 Å². The molecule has 0 saturated heterocycles. The summed E-state index contributed by atoms with van der Waals surface area (Å²) in [6, 6.07) is 23.1. The van der Waals surface area contributed by atoms with Crippen molar-refractivity contribution in [1.29, 1.82) is 0 Å². The normalized spacial score (nSPS) is 11.2. The molecular formula is C30H33ClN4O2. The van der Waals surface area contributed by atoms with E-state index in [-0.39, 0.29) is 24.6 Å². The molecule has 0 radical (unpaired) electrons. The van der Waals surface area contributed by atoms with E-state index in [1.165, 1.54) is 0 Å². The summed E-state index contributed by atoms with van der Waals surface area (Å²) in [6.07, 6.45) is 0. The summed E-state index contributed by atoms with van der Waals surface area (Å²) in [5.41, 5.74) is 5.19. The van der Waals surface area contributed by atoms with Gasteiger partial charge in [0.15, 0.2) is 0 Å². The minimum Gasteiger partial charge on any atom is -0.364 e. The Bertz CT molecular complexity index is 1350. The Balaban J connectivity index is 1.82. The second-order valence-electron chi connectivity index (χ2n) is 9.52. The number of amides is 2. The molecule has 1 aromatic heterocycles. The first-order chi connectivity index (χ1) is 17.8. The van der Waals surface area contributed by atoms with Crippen molar-refractivity contribution in [1.82, 2.24) is 9.55 Å². The first kappa shape index (κ1) is 26.5. The molecule has 0 aliphatic carbocycles. The second kappa shape index (κ2) is 11.6. The van der Waals surface area contributed by atoms with E-state index in [0.717, 1.165) is 27.9 Å². The van der Waals surface area contributed by atoms with Crippen molar-refractivity contribution < 1.29 is 9.53 Å². The molecule has 0 bridgehead atoms. The number of halogens is 1. The first-order valence-electron chi connectivity index (χ1n) is 12.4. The molecule has 2 amide bonds. The van der Waals surface area contributed by atoms with E-state index >= 15 is 0 Å². The van der Waals surface area contributed by atoms with Gasteiger partial charge in [-0.2, -0.15) is 0 Å². The molecule has 3 aromatic carbocycles. The molecule has 0 aliphatic rings. The number of carbonyl (C=O) groups is 1. The van der Waals surface area contributed by atoms with Crippen LogP contribution in [-0.4, -0.2) is 22.7 Å². The molecule has 0 spiro atoms. The Kier molecular flexibility index (Phi) is 8.31. The van der Waals surface area contributed by atoms with Gasteiger partial charge in [0.2, 0.25) is 0 Å². The molecule has 0 unspecified atom stereocenters.